The molecule has 1 saturated carbocycles. The molecule has 1 N–H and O–H groups in total. The van der Waals surface area contributed by atoms with Gasteiger partial charge in [0.15, 0.2) is 0 Å². The van der Waals surface area contributed by atoms with E-state index >= 15 is 0 Å². The van der Waals surface area contributed by atoms with Gasteiger partial charge in [-0.15, -0.1) is 0 Å². The van der Waals surface area contributed by atoms with E-state index in [2.05, 4.69) is 12.2 Å². The zero-order chi connectivity index (χ0) is 12.0. The average Bonchev–Trinajstić information content (AvgIpc) is 2.24. The Morgan fingerprint density at radius 3 is 2.44 bits per heavy atom. The van der Waals surface area contributed by atoms with E-state index < -0.39 is 5.51 Å². The van der Waals surface area contributed by atoms with E-state index in [1.807, 2.05) is 0 Å². The molecule has 0 aromatic rings. The maximum atomic E-state index is 11.9. The van der Waals surface area contributed by atoms with E-state index in [0.29, 0.717) is 18.5 Å². The van der Waals surface area contributed by atoms with Crippen molar-refractivity contribution in [3.63, 3.8) is 0 Å². The highest BCUT2D eigenvalue weighted by molar-refractivity contribution is 8.00. The summed E-state index contributed by atoms with van der Waals surface area (Å²) >= 11 is 0.0597. The molecule has 1 atom stereocenters. The Morgan fingerprint density at radius 2 is 1.88 bits per heavy atom. The molecule has 0 spiro atoms. The molecule has 0 amide bonds. The van der Waals surface area contributed by atoms with Crippen LogP contribution in [0.25, 0.3) is 0 Å². The highest BCUT2D eigenvalue weighted by Gasteiger charge is 2.27. The summed E-state index contributed by atoms with van der Waals surface area (Å²) in [5.74, 6) is 0.769. The highest BCUT2D eigenvalue weighted by Crippen LogP contribution is 2.30. The van der Waals surface area contributed by atoms with Crippen LogP contribution in [0.4, 0.5) is 13.2 Å². The molecular weight excluding hydrogens is 235 g/mol. The Morgan fingerprint density at radius 1 is 1.25 bits per heavy atom. The van der Waals surface area contributed by atoms with Crippen molar-refractivity contribution >= 4 is 11.8 Å². The van der Waals surface area contributed by atoms with Crippen LogP contribution in [-0.4, -0.2) is 23.8 Å². The number of halogens is 3. The summed E-state index contributed by atoms with van der Waals surface area (Å²) in [6.45, 7) is 2.54. The minimum atomic E-state index is -4.09. The predicted molar refractivity (Wildman–Crippen MR) is 62.6 cm³/mol. The van der Waals surface area contributed by atoms with Gasteiger partial charge in [-0.05, 0) is 37.4 Å². The third-order valence-electron chi connectivity index (χ3n) is 3.19. The van der Waals surface area contributed by atoms with Crippen LogP contribution in [0, 0.1) is 5.92 Å². The summed E-state index contributed by atoms with van der Waals surface area (Å²) in [6, 6.07) is 0.356. The van der Waals surface area contributed by atoms with Gasteiger partial charge < -0.3 is 5.32 Å². The van der Waals surface area contributed by atoms with Crippen LogP contribution in [0.15, 0.2) is 0 Å². The summed E-state index contributed by atoms with van der Waals surface area (Å²) in [4.78, 5) is 0. The average molecular weight is 255 g/mol. The molecular formula is C11H20F3NS. The summed E-state index contributed by atoms with van der Waals surface area (Å²) in [7, 11) is 0. The van der Waals surface area contributed by atoms with Gasteiger partial charge in [0.1, 0.15) is 0 Å². The van der Waals surface area contributed by atoms with Gasteiger partial charge in [0, 0.05) is 18.3 Å². The second kappa shape index (κ2) is 6.74. The lowest BCUT2D eigenvalue weighted by Crippen LogP contribution is -2.36. The van der Waals surface area contributed by atoms with E-state index in [4.69, 9.17) is 0 Å². The second-order valence-corrected chi connectivity index (χ2v) is 5.59. The Hall–Kier alpha value is 0.100. The second-order valence-electron chi connectivity index (χ2n) is 4.44. The fraction of sp³-hybridized carbons (Fsp3) is 1.00. The van der Waals surface area contributed by atoms with Crippen molar-refractivity contribution in [3.05, 3.63) is 0 Å². The minimum absolute atomic E-state index is 0.0597. The molecule has 1 nitrogen and oxygen atoms in total. The number of hydrogen-bond acceptors (Lipinski definition) is 2. The van der Waals surface area contributed by atoms with Crippen molar-refractivity contribution < 1.29 is 13.2 Å². The molecule has 16 heavy (non-hydrogen) atoms. The lowest BCUT2D eigenvalue weighted by Gasteiger charge is -2.28. The zero-order valence-corrected chi connectivity index (χ0v) is 10.5. The highest BCUT2D eigenvalue weighted by atomic mass is 32.2. The first-order chi connectivity index (χ1) is 7.49. The molecule has 1 unspecified atom stereocenters. The Labute approximate surface area is 99.6 Å². The van der Waals surface area contributed by atoms with Gasteiger partial charge in [-0.2, -0.15) is 13.2 Å². The molecule has 0 saturated heterocycles. The lowest BCUT2D eigenvalue weighted by atomic mass is 9.84. The first kappa shape index (κ1) is 14.2. The lowest BCUT2D eigenvalue weighted by molar-refractivity contribution is -0.0327. The third-order valence-corrected chi connectivity index (χ3v) is 3.93. The number of alkyl halides is 3. The van der Waals surface area contributed by atoms with E-state index in [-0.39, 0.29) is 17.5 Å². The van der Waals surface area contributed by atoms with Crippen LogP contribution < -0.4 is 5.32 Å². The molecule has 0 aliphatic heterocycles. The molecule has 1 aliphatic carbocycles. The molecule has 1 aliphatic rings. The first-order valence-corrected chi connectivity index (χ1v) is 6.91. The fourth-order valence-electron chi connectivity index (χ4n) is 2.25. The van der Waals surface area contributed by atoms with Gasteiger partial charge in [-0.1, -0.05) is 19.3 Å². The molecule has 0 radical (unpaired) electrons. The third kappa shape index (κ3) is 5.99. The van der Waals surface area contributed by atoms with Crippen molar-refractivity contribution in [2.24, 2.45) is 5.92 Å². The summed E-state index contributed by atoms with van der Waals surface area (Å²) in [5, 5.41) is 3.20. The molecule has 0 heterocycles. The van der Waals surface area contributed by atoms with Crippen LogP contribution in [0.1, 0.15) is 39.0 Å². The van der Waals surface area contributed by atoms with Gasteiger partial charge in [-0.3, -0.25) is 0 Å². The monoisotopic (exact) mass is 255 g/mol. The largest absolute Gasteiger partial charge is 0.441 e. The van der Waals surface area contributed by atoms with Gasteiger partial charge in [-0.25, -0.2) is 0 Å². The molecule has 1 rings (SSSR count). The van der Waals surface area contributed by atoms with Gasteiger partial charge >= 0.3 is 5.51 Å². The Bertz CT molecular complexity index is 190. The smallest absolute Gasteiger partial charge is 0.313 e. The number of rotatable bonds is 5. The maximum Gasteiger partial charge on any atom is 0.441 e. The predicted octanol–water partition coefficient (Wildman–Crippen LogP) is 3.80. The molecule has 1 fully saturated rings. The summed E-state index contributed by atoms with van der Waals surface area (Å²) in [6.07, 6.45) is 6.30. The topological polar surface area (TPSA) is 12.0 Å². The molecule has 5 heteroatoms. The van der Waals surface area contributed by atoms with Crippen LogP contribution in [0.2, 0.25) is 0 Å². The van der Waals surface area contributed by atoms with E-state index in [0.717, 1.165) is 0 Å². The maximum absolute atomic E-state index is 11.9. The summed E-state index contributed by atoms with van der Waals surface area (Å²) < 4.78 is 35.6. The van der Waals surface area contributed by atoms with E-state index in [1.165, 1.54) is 32.1 Å². The van der Waals surface area contributed by atoms with E-state index in [9.17, 15) is 13.2 Å². The number of hydrogen-bond donors (Lipinski definition) is 1. The Kier molecular flexibility index (Phi) is 5.97. The quantitative estimate of drug-likeness (QED) is 0.750. The van der Waals surface area contributed by atoms with Crippen molar-refractivity contribution in [1.29, 1.82) is 0 Å². The SMILES string of the molecule is CC(NCCSC(F)(F)F)C1CCCCC1. The fourth-order valence-corrected chi connectivity index (χ4v) is 2.71. The van der Waals surface area contributed by atoms with Gasteiger partial charge in [0.2, 0.25) is 0 Å². The first-order valence-electron chi connectivity index (χ1n) is 5.93. The normalized spacial score (nSPS) is 21.0. The van der Waals surface area contributed by atoms with Crippen molar-refractivity contribution in [2.45, 2.75) is 50.6 Å². The molecule has 0 aromatic carbocycles. The zero-order valence-electron chi connectivity index (χ0n) is 9.65. The summed E-state index contributed by atoms with van der Waals surface area (Å²) in [5.41, 5.74) is -4.09. The van der Waals surface area contributed by atoms with Crippen LogP contribution in [0.5, 0.6) is 0 Å². The van der Waals surface area contributed by atoms with Crippen LogP contribution >= 0.6 is 11.8 Å². The minimum Gasteiger partial charge on any atom is -0.313 e. The van der Waals surface area contributed by atoms with Crippen molar-refractivity contribution in [3.8, 4) is 0 Å². The molecule has 96 valence electrons. The van der Waals surface area contributed by atoms with Crippen molar-refractivity contribution in [2.75, 3.05) is 12.3 Å². The van der Waals surface area contributed by atoms with Crippen molar-refractivity contribution in [1.82, 2.24) is 5.32 Å². The Balaban J connectivity index is 2.07. The standard InChI is InChI=1S/C11H20F3NS/c1-9(10-5-3-2-4-6-10)15-7-8-16-11(12,13)14/h9-10,15H,2-8H2,1H3. The molecule has 0 aromatic heterocycles. The van der Waals surface area contributed by atoms with Crippen LogP contribution in [0.3, 0.4) is 0 Å². The number of thioether (sulfide) groups is 1. The van der Waals surface area contributed by atoms with E-state index in [1.54, 1.807) is 0 Å². The number of nitrogens with one attached hydrogen (secondary N) is 1. The van der Waals surface area contributed by atoms with Crippen LogP contribution in [-0.2, 0) is 0 Å². The van der Waals surface area contributed by atoms with Gasteiger partial charge in [0.05, 0.1) is 0 Å². The van der Waals surface area contributed by atoms with Gasteiger partial charge in [0.25, 0.3) is 0 Å². The molecule has 0 bridgehead atoms.